The quantitative estimate of drug-likeness (QED) is 0.347. The van der Waals surface area contributed by atoms with Crippen LogP contribution in [0.4, 0.5) is 0 Å². The first-order valence-electron chi connectivity index (χ1n) is 0.114. The van der Waals surface area contributed by atoms with E-state index < -0.39 is 0 Å². The Balaban J connectivity index is -0.000000000500. The zero-order valence-electron chi connectivity index (χ0n) is 3.18. The van der Waals surface area contributed by atoms with Gasteiger partial charge in [0.1, 0.15) is 0 Å². The fraction of sp³-hybridized carbons (Fsp3) is 0. The van der Waals surface area contributed by atoms with E-state index in [-0.39, 0.29) is 27.4 Å². The first-order valence-corrected chi connectivity index (χ1v) is 1.41. The van der Waals surface area contributed by atoms with E-state index in [1.807, 2.05) is 0 Å². The Hall–Kier alpha value is 0.609. The summed E-state index contributed by atoms with van der Waals surface area (Å²) in [6, 6.07) is 0. The molecule has 0 bridgehead atoms. The van der Waals surface area contributed by atoms with E-state index in [4.69, 9.17) is 0 Å². The minimum atomic E-state index is 0. The molecule has 0 saturated heterocycles. The van der Waals surface area contributed by atoms with Gasteiger partial charge in [-0.15, -0.1) is 0 Å². The molecule has 0 heterocycles. The van der Waals surface area contributed by atoms with E-state index in [0.717, 1.165) is 0 Å². The molecule has 0 aromatic rings. The SMILES string of the molecule is O.O.O.O.O.[Cl][Cu]. The molecule has 0 radical (unpaired) electrons. The fourth-order valence-corrected chi connectivity index (χ4v) is 0. The van der Waals surface area contributed by atoms with Crippen molar-refractivity contribution in [2.24, 2.45) is 0 Å². The Kier molecular flexibility index (Phi) is 10300. The molecule has 0 fully saturated rings. The molecule has 0 rings (SSSR count). The van der Waals surface area contributed by atoms with Gasteiger partial charge in [0.2, 0.25) is 0 Å². The maximum atomic E-state index is 4.20. The van der Waals surface area contributed by atoms with E-state index in [9.17, 15) is 0 Å². The van der Waals surface area contributed by atoms with Gasteiger partial charge in [-0.2, -0.15) is 0 Å². The molecule has 7 heavy (non-hydrogen) atoms. The van der Waals surface area contributed by atoms with E-state index in [1.165, 1.54) is 0 Å². The van der Waals surface area contributed by atoms with Crippen molar-refractivity contribution in [1.29, 1.82) is 0 Å². The summed E-state index contributed by atoms with van der Waals surface area (Å²) in [5.41, 5.74) is 0. The van der Waals surface area contributed by atoms with Crippen LogP contribution in [0.5, 0.6) is 0 Å². The molecular weight excluding hydrogens is 179 g/mol. The molecular formula is H10ClCuO5. The Bertz CT molecular complexity index is 8.04. The second-order valence-corrected chi connectivity index (χ2v) is 0. The van der Waals surface area contributed by atoms with Crippen molar-refractivity contribution in [2.75, 3.05) is 0 Å². The molecule has 0 amide bonds. The van der Waals surface area contributed by atoms with Crippen LogP contribution in [0.1, 0.15) is 0 Å². The van der Waals surface area contributed by atoms with Crippen LogP contribution in [0.15, 0.2) is 0 Å². The molecule has 5 nitrogen and oxygen atoms in total. The zero-order valence-corrected chi connectivity index (χ0v) is 4.88. The van der Waals surface area contributed by atoms with Crippen LogP contribution in [0.2, 0.25) is 0 Å². The third-order valence-corrected chi connectivity index (χ3v) is 0. The van der Waals surface area contributed by atoms with Crippen LogP contribution in [0, 0.1) is 0 Å². The van der Waals surface area contributed by atoms with Crippen LogP contribution in [-0.2, 0) is 15.1 Å². The molecule has 10 N–H and O–H groups in total. The normalized spacial score (nSPS) is 1.00. The first kappa shape index (κ1) is 128. The van der Waals surface area contributed by atoms with Crippen LogP contribution >= 0.6 is 10.1 Å². The fourth-order valence-electron chi connectivity index (χ4n) is 0. The van der Waals surface area contributed by atoms with Gasteiger partial charge in [0.25, 0.3) is 0 Å². The molecule has 0 spiro atoms. The first-order chi connectivity index (χ1) is 1.00. The second-order valence-electron chi connectivity index (χ2n) is 0. The van der Waals surface area contributed by atoms with Crippen molar-refractivity contribution in [3.63, 3.8) is 0 Å². The molecule has 0 aromatic heterocycles. The van der Waals surface area contributed by atoms with Gasteiger partial charge in [0.15, 0.2) is 0 Å². The third-order valence-electron chi connectivity index (χ3n) is 0. The summed E-state index contributed by atoms with van der Waals surface area (Å²) < 4.78 is 0. The van der Waals surface area contributed by atoms with Gasteiger partial charge in [0.05, 0.1) is 0 Å². The van der Waals surface area contributed by atoms with Crippen LogP contribution < -0.4 is 0 Å². The second kappa shape index (κ2) is 560. The molecule has 0 aliphatic heterocycles. The standard InChI is InChI=1S/ClH.Cu.5H2O/h1H;;5*1H2/q;+1;;;;;/p-1. The average Bonchev–Trinajstić information content (AvgIpc) is 1.00. The van der Waals surface area contributed by atoms with Crippen molar-refractivity contribution in [2.45, 2.75) is 0 Å². The Morgan fingerprint density at radius 3 is 0.571 bits per heavy atom. The van der Waals surface area contributed by atoms with Crippen LogP contribution in [0.3, 0.4) is 0 Å². The Morgan fingerprint density at radius 1 is 0.571 bits per heavy atom. The Morgan fingerprint density at radius 2 is 0.571 bits per heavy atom. The molecule has 0 aliphatic rings. The van der Waals surface area contributed by atoms with Gasteiger partial charge in [-0.3, -0.25) is 0 Å². The van der Waals surface area contributed by atoms with Crippen molar-refractivity contribution in [1.82, 2.24) is 0 Å². The van der Waals surface area contributed by atoms with Crippen molar-refractivity contribution in [3.05, 3.63) is 0 Å². The van der Waals surface area contributed by atoms with Crippen molar-refractivity contribution < 1.29 is 42.5 Å². The predicted molar refractivity (Wildman–Crippen MR) is 23.9 cm³/mol. The van der Waals surface area contributed by atoms with Crippen molar-refractivity contribution >= 4 is 10.1 Å². The molecule has 0 aromatic carbocycles. The average molecular weight is 189 g/mol. The van der Waals surface area contributed by atoms with E-state index in [1.54, 1.807) is 0 Å². The molecule has 7 heteroatoms. The zero-order chi connectivity index (χ0) is 2.00. The van der Waals surface area contributed by atoms with Gasteiger partial charge in [-0.25, -0.2) is 0 Å². The summed E-state index contributed by atoms with van der Waals surface area (Å²) in [4.78, 5) is 0. The van der Waals surface area contributed by atoms with E-state index >= 15 is 0 Å². The monoisotopic (exact) mass is 188 g/mol. The number of hydrogen-bond acceptors (Lipinski definition) is 0. The molecule has 58 valence electrons. The maximum absolute atomic E-state index is 4.20. The summed E-state index contributed by atoms with van der Waals surface area (Å²) >= 11 is 3.66. The summed E-state index contributed by atoms with van der Waals surface area (Å²) in [6.45, 7) is 0. The molecule has 0 atom stereocenters. The molecule has 0 saturated carbocycles. The van der Waals surface area contributed by atoms with Crippen LogP contribution in [-0.4, -0.2) is 27.4 Å². The summed E-state index contributed by atoms with van der Waals surface area (Å²) in [7, 11) is 4.20. The summed E-state index contributed by atoms with van der Waals surface area (Å²) in [5.74, 6) is 0. The topological polar surface area (TPSA) is 158 Å². The third kappa shape index (κ3) is 378. The van der Waals surface area contributed by atoms with Crippen molar-refractivity contribution in [3.8, 4) is 0 Å². The summed E-state index contributed by atoms with van der Waals surface area (Å²) in [6.07, 6.45) is 0. The van der Waals surface area contributed by atoms with Gasteiger partial charge in [0, 0.05) is 0 Å². The Labute approximate surface area is 53.2 Å². The van der Waals surface area contributed by atoms with Gasteiger partial charge in [-0.1, -0.05) is 0 Å². The van der Waals surface area contributed by atoms with Gasteiger partial charge >= 0.3 is 25.2 Å². The molecule has 0 unspecified atom stereocenters. The van der Waals surface area contributed by atoms with Gasteiger partial charge in [-0.05, 0) is 0 Å². The minimum absolute atomic E-state index is 0. The number of rotatable bonds is 0. The number of hydrogen-bond donors (Lipinski definition) is 0. The predicted octanol–water partition coefficient (Wildman–Crippen LogP) is -3.44. The van der Waals surface area contributed by atoms with Crippen LogP contribution in [0.25, 0.3) is 0 Å². The number of halogens is 1. The van der Waals surface area contributed by atoms with E-state index in [0.29, 0.717) is 0 Å². The van der Waals surface area contributed by atoms with E-state index in [2.05, 4.69) is 25.2 Å². The molecule has 0 aliphatic carbocycles. The summed E-state index contributed by atoms with van der Waals surface area (Å²) in [5, 5.41) is 0. The van der Waals surface area contributed by atoms with Gasteiger partial charge < -0.3 is 27.4 Å².